The number of rotatable bonds is 4. The number of aromatic nitrogens is 1. The number of aliphatic hydroxyl groups excluding tert-OH is 1. The van der Waals surface area contributed by atoms with E-state index in [-0.39, 0.29) is 12.2 Å². The number of hydrogen-bond acceptors (Lipinski definition) is 3. The van der Waals surface area contributed by atoms with Crippen LogP contribution in [0.15, 0.2) is 60.9 Å². The number of anilines is 1. The lowest BCUT2D eigenvalue weighted by molar-refractivity contribution is 0.175. The Kier molecular flexibility index (Phi) is 4.67. The summed E-state index contributed by atoms with van der Waals surface area (Å²) in [5.74, 6) is -0.622. The molecule has 0 saturated carbocycles. The molecule has 0 bridgehead atoms. The van der Waals surface area contributed by atoms with Crippen LogP contribution in [-0.4, -0.2) is 22.7 Å². The van der Waals surface area contributed by atoms with Crippen molar-refractivity contribution in [3.63, 3.8) is 0 Å². The van der Waals surface area contributed by atoms with Crippen molar-refractivity contribution < 1.29 is 14.3 Å². The van der Waals surface area contributed by atoms with Crippen LogP contribution in [0.4, 0.5) is 14.9 Å². The Bertz CT molecular complexity index is 870. The molecule has 0 aliphatic rings. The van der Waals surface area contributed by atoms with Gasteiger partial charge >= 0.3 is 6.03 Å². The van der Waals surface area contributed by atoms with E-state index in [1.165, 1.54) is 12.3 Å². The van der Waals surface area contributed by atoms with Crippen LogP contribution in [0, 0.1) is 5.82 Å². The summed E-state index contributed by atoms with van der Waals surface area (Å²) in [5, 5.41) is 17.2. The van der Waals surface area contributed by atoms with Gasteiger partial charge in [-0.25, -0.2) is 9.18 Å². The van der Waals surface area contributed by atoms with Gasteiger partial charge in [0.05, 0.1) is 18.0 Å². The van der Waals surface area contributed by atoms with E-state index >= 15 is 0 Å². The molecule has 0 unspecified atom stereocenters. The average Bonchev–Trinajstić information content (AvgIpc) is 2.61. The molecule has 3 aromatic rings. The Labute approximate surface area is 138 Å². The predicted octanol–water partition coefficient (Wildman–Crippen LogP) is 3.23. The number of pyridine rings is 1. The Morgan fingerprint density at radius 2 is 1.96 bits per heavy atom. The summed E-state index contributed by atoms with van der Waals surface area (Å²) < 4.78 is 13.4. The zero-order chi connectivity index (χ0) is 16.9. The van der Waals surface area contributed by atoms with Gasteiger partial charge < -0.3 is 15.7 Å². The second kappa shape index (κ2) is 7.06. The van der Waals surface area contributed by atoms with Gasteiger partial charge in [-0.3, -0.25) is 4.98 Å². The molecule has 0 spiro atoms. The fourth-order valence-electron chi connectivity index (χ4n) is 2.37. The number of fused-ring (bicyclic) bond motifs is 1. The molecule has 0 fully saturated rings. The van der Waals surface area contributed by atoms with Crippen molar-refractivity contribution in [2.24, 2.45) is 0 Å². The van der Waals surface area contributed by atoms with Gasteiger partial charge in [-0.15, -0.1) is 0 Å². The summed E-state index contributed by atoms with van der Waals surface area (Å²) in [6, 6.07) is 14.2. The van der Waals surface area contributed by atoms with Gasteiger partial charge in [0.25, 0.3) is 0 Å². The molecule has 2 amide bonds. The molecule has 1 atom stereocenters. The molecule has 1 aromatic heterocycles. The average molecular weight is 325 g/mol. The maximum absolute atomic E-state index is 13.4. The van der Waals surface area contributed by atoms with Crippen molar-refractivity contribution in [1.29, 1.82) is 0 Å². The summed E-state index contributed by atoms with van der Waals surface area (Å²) in [6.45, 7) is 0.0108. The Morgan fingerprint density at radius 3 is 2.75 bits per heavy atom. The van der Waals surface area contributed by atoms with E-state index in [2.05, 4.69) is 15.6 Å². The first-order valence-electron chi connectivity index (χ1n) is 7.44. The van der Waals surface area contributed by atoms with Gasteiger partial charge in [0, 0.05) is 12.7 Å². The predicted molar refractivity (Wildman–Crippen MR) is 90.1 cm³/mol. The molecular formula is C18H16FN3O2. The van der Waals surface area contributed by atoms with E-state index < -0.39 is 18.0 Å². The van der Waals surface area contributed by atoms with E-state index in [4.69, 9.17) is 0 Å². The van der Waals surface area contributed by atoms with E-state index in [1.807, 2.05) is 42.5 Å². The number of urea groups is 1. The molecule has 0 aliphatic carbocycles. The van der Waals surface area contributed by atoms with Crippen molar-refractivity contribution in [1.82, 2.24) is 10.3 Å². The molecule has 0 radical (unpaired) electrons. The number of aliphatic hydroxyl groups is 1. The van der Waals surface area contributed by atoms with Gasteiger partial charge in [-0.2, -0.15) is 0 Å². The van der Waals surface area contributed by atoms with E-state index in [0.29, 0.717) is 5.56 Å². The molecular weight excluding hydrogens is 309 g/mol. The lowest BCUT2D eigenvalue weighted by Gasteiger charge is -2.14. The molecule has 6 heteroatoms. The highest BCUT2D eigenvalue weighted by Crippen LogP contribution is 2.20. The van der Waals surface area contributed by atoms with Crippen molar-refractivity contribution in [3.05, 3.63) is 72.3 Å². The number of hydrogen-bond donors (Lipinski definition) is 3. The lowest BCUT2D eigenvalue weighted by Crippen LogP contribution is -2.32. The Balaban J connectivity index is 1.61. The van der Waals surface area contributed by atoms with Crippen molar-refractivity contribution >= 4 is 22.5 Å². The molecule has 2 aromatic carbocycles. The normalized spacial score (nSPS) is 11.9. The summed E-state index contributed by atoms with van der Waals surface area (Å²) in [6.07, 6.45) is 1.53. The molecule has 122 valence electrons. The van der Waals surface area contributed by atoms with Gasteiger partial charge in [0.15, 0.2) is 5.82 Å². The smallest absolute Gasteiger partial charge is 0.319 e. The highest BCUT2D eigenvalue weighted by atomic mass is 19.1. The van der Waals surface area contributed by atoms with Crippen molar-refractivity contribution in [2.45, 2.75) is 6.10 Å². The third-order valence-corrected chi connectivity index (χ3v) is 3.63. The van der Waals surface area contributed by atoms with Gasteiger partial charge in [-0.05, 0) is 28.5 Å². The molecule has 3 N–H and O–H groups in total. The van der Waals surface area contributed by atoms with E-state index in [1.54, 1.807) is 0 Å². The van der Waals surface area contributed by atoms with Gasteiger partial charge in [0.1, 0.15) is 0 Å². The Morgan fingerprint density at radius 1 is 1.17 bits per heavy atom. The third-order valence-electron chi connectivity index (χ3n) is 3.63. The quantitative estimate of drug-likeness (QED) is 0.689. The second-order valence-corrected chi connectivity index (χ2v) is 5.31. The number of amides is 2. The number of carbonyl (C=O) groups is 1. The molecule has 0 aliphatic heterocycles. The standard InChI is InChI=1S/C18H16FN3O2/c19-15-10-20-8-7-16(15)22-18(24)21-11-17(23)14-6-5-12-3-1-2-4-13(12)9-14/h1-10,17,23H,11H2,(H2,20,21,22,24)/t17-/m1/s1. The Hall–Kier alpha value is -2.99. The molecule has 1 heterocycles. The molecule has 0 saturated heterocycles. The molecule has 24 heavy (non-hydrogen) atoms. The summed E-state index contributed by atoms with van der Waals surface area (Å²) in [5.41, 5.74) is 0.729. The summed E-state index contributed by atoms with van der Waals surface area (Å²) >= 11 is 0. The topological polar surface area (TPSA) is 74.2 Å². The summed E-state index contributed by atoms with van der Waals surface area (Å²) in [7, 11) is 0. The minimum absolute atomic E-state index is 0.0108. The van der Waals surface area contributed by atoms with Crippen LogP contribution in [0.2, 0.25) is 0 Å². The monoisotopic (exact) mass is 325 g/mol. The van der Waals surface area contributed by atoms with Gasteiger partial charge in [-0.1, -0.05) is 36.4 Å². The van der Waals surface area contributed by atoms with Crippen LogP contribution in [0.3, 0.4) is 0 Å². The van der Waals surface area contributed by atoms with Crippen LogP contribution in [-0.2, 0) is 0 Å². The van der Waals surface area contributed by atoms with Crippen LogP contribution < -0.4 is 10.6 Å². The number of nitrogens with one attached hydrogen (secondary N) is 2. The minimum atomic E-state index is -0.859. The first kappa shape index (κ1) is 15.9. The zero-order valence-electron chi connectivity index (χ0n) is 12.7. The van der Waals surface area contributed by atoms with Crippen LogP contribution in [0.5, 0.6) is 0 Å². The SMILES string of the molecule is O=C(NC[C@@H](O)c1ccc2ccccc2c1)Nc1ccncc1F. The maximum atomic E-state index is 13.4. The fourth-order valence-corrected chi connectivity index (χ4v) is 2.37. The van der Waals surface area contributed by atoms with Gasteiger partial charge in [0.2, 0.25) is 0 Å². The van der Waals surface area contributed by atoms with Crippen molar-refractivity contribution in [3.8, 4) is 0 Å². The first-order valence-corrected chi connectivity index (χ1v) is 7.44. The highest BCUT2D eigenvalue weighted by Gasteiger charge is 2.11. The largest absolute Gasteiger partial charge is 0.387 e. The number of nitrogens with zero attached hydrogens (tertiary/aromatic N) is 1. The minimum Gasteiger partial charge on any atom is -0.387 e. The van der Waals surface area contributed by atoms with E-state index in [9.17, 15) is 14.3 Å². The molecule has 3 rings (SSSR count). The molecule has 5 nitrogen and oxygen atoms in total. The van der Waals surface area contributed by atoms with Crippen LogP contribution in [0.1, 0.15) is 11.7 Å². The zero-order valence-corrected chi connectivity index (χ0v) is 12.7. The second-order valence-electron chi connectivity index (χ2n) is 5.31. The maximum Gasteiger partial charge on any atom is 0.319 e. The van der Waals surface area contributed by atoms with Crippen LogP contribution in [0.25, 0.3) is 10.8 Å². The fraction of sp³-hybridized carbons (Fsp3) is 0.111. The highest BCUT2D eigenvalue weighted by molar-refractivity contribution is 5.89. The van der Waals surface area contributed by atoms with Crippen molar-refractivity contribution in [2.75, 3.05) is 11.9 Å². The number of halogens is 1. The lowest BCUT2D eigenvalue weighted by atomic mass is 10.0. The third kappa shape index (κ3) is 3.67. The van der Waals surface area contributed by atoms with Crippen LogP contribution >= 0.6 is 0 Å². The summed E-state index contributed by atoms with van der Waals surface area (Å²) in [4.78, 5) is 15.4. The van der Waals surface area contributed by atoms with E-state index in [0.717, 1.165) is 17.0 Å². The number of carbonyl (C=O) groups excluding carboxylic acids is 1. The first-order chi connectivity index (χ1) is 11.6. The number of benzene rings is 2.